The van der Waals surface area contributed by atoms with Crippen molar-refractivity contribution in [1.82, 2.24) is 4.72 Å². The number of nitro benzene ring substituents is 1. The lowest BCUT2D eigenvalue weighted by Gasteiger charge is -2.10. The molecule has 8 heteroatoms. The van der Waals surface area contributed by atoms with E-state index in [0.29, 0.717) is 12.8 Å². The molecule has 0 aliphatic rings. The number of benzene rings is 1. The summed E-state index contributed by atoms with van der Waals surface area (Å²) in [6.45, 7) is 0.151. The number of hydrogen-bond donors (Lipinski definition) is 1. The van der Waals surface area contributed by atoms with Crippen LogP contribution in [0.2, 0.25) is 0 Å². The third-order valence-electron chi connectivity index (χ3n) is 2.44. The van der Waals surface area contributed by atoms with Crippen LogP contribution < -0.4 is 9.46 Å². The van der Waals surface area contributed by atoms with Gasteiger partial charge in [0.1, 0.15) is 10.6 Å². The minimum atomic E-state index is -3.89. The minimum absolute atomic E-state index is 0.0417. The topological polar surface area (TPSA) is 98.5 Å². The van der Waals surface area contributed by atoms with Crippen LogP contribution in [-0.2, 0) is 10.0 Å². The zero-order valence-corrected chi connectivity index (χ0v) is 11.6. The molecule has 0 aliphatic carbocycles. The van der Waals surface area contributed by atoms with E-state index >= 15 is 0 Å². The molecule has 7 nitrogen and oxygen atoms in total. The van der Waals surface area contributed by atoms with Crippen LogP contribution in [0, 0.1) is 22.5 Å². The first-order valence-corrected chi connectivity index (χ1v) is 7.16. The molecule has 20 heavy (non-hydrogen) atoms. The normalized spacial score (nSPS) is 10.8. The first kappa shape index (κ1) is 15.9. The largest absolute Gasteiger partial charge is 0.495 e. The molecule has 0 spiro atoms. The van der Waals surface area contributed by atoms with Crippen LogP contribution in [0.3, 0.4) is 0 Å². The molecule has 1 rings (SSSR count). The number of terminal acetylenes is 1. The van der Waals surface area contributed by atoms with Crippen molar-refractivity contribution < 1.29 is 18.1 Å². The summed E-state index contributed by atoms with van der Waals surface area (Å²) in [5, 5.41) is 10.7. The molecule has 1 aromatic rings. The second kappa shape index (κ2) is 6.88. The Morgan fingerprint density at radius 3 is 2.75 bits per heavy atom. The third-order valence-corrected chi connectivity index (χ3v) is 3.92. The van der Waals surface area contributed by atoms with Gasteiger partial charge in [-0.15, -0.1) is 12.3 Å². The molecule has 0 unspecified atom stereocenters. The number of nitrogens with zero attached hydrogens (tertiary/aromatic N) is 1. The first-order valence-electron chi connectivity index (χ1n) is 5.68. The highest BCUT2D eigenvalue weighted by Crippen LogP contribution is 2.27. The van der Waals surface area contributed by atoms with Gasteiger partial charge >= 0.3 is 0 Å². The highest BCUT2D eigenvalue weighted by Gasteiger charge is 2.22. The van der Waals surface area contributed by atoms with Crippen LogP contribution in [0.1, 0.15) is 12.8 Å². The minimum Gasteiger partial charge on any atom is -0.495 e. The molecule has 0 saturated heterocycles. The molecule has 1 aromatic carbocycles. The maximum absolute atomic E-state index is 12.1. The van der Waals surface area contributed by atoms with E-state index in [9.17, 15) is 18.5 Å². The molecule has 0 aromatic heterocycles. The molecule has 108 valence electrons. The number of sulfonamides is 1. The summed E-state index contributed by atoms with van der Waals surface area (Å²) in [7, 11) is -2.60. The first-order chi connectivity index (χ1) is 9.42. The Morgan fingerprint density at radius 2 is 2.20 bits per heavy atom. The highest BCUT2D eigenvalue weighted by atomic mass is 32.2. The van der Waals surface area contributed by atoms with E-state index in [1.807, 2.05) is 0 Å². The molecule has 0 atom stereocenters. The fourth-order valence-corrected chi connectivity index (χ4v) is 2.72. The number of nitrogens with one attached hydrogen (secondary N) is 1. The van der Waals surface area contributed by atoms with Crippen molar-refractivity contribution >= 4 is 15.7 Å². The molecule has 0 aliphatic heterocycles. The zero-order chi connectivity index (χ0) is 15.2. The second-order valence-electron chi connectivity index (χ2n) is 3.80. The summed E-state index contributed by atoms with van der Waals surface area (Å²) in [5.41, 5.74) is -0.324. The fourth-order valence-electron chi connectivity index (χ4n) is 1.46. The Kier molecular flexibility index (Phi) is 5.49. The van der Waals surface area contributed by atoms with Crippen molar-refractivity contribution in [3.05, 3.63) is 28.3 Å². The van der Waals surface area contributed by atoms with Crippen molar-refractivity contribution in [2.45, 2.75) is 17.7 Å². The van der Waals surface area contributed by atoms with Gasteiger partial charge in [0.05, 0.1) is 12.0 Å². The number of rotatable bonds is 7. The third kappa shape index (κ3) is 3.94. The predicted molar refractivity (Wildman–Crippen MR) is 72.9 cm³/mol. The molecule has 1 N–H and O–H groups in total. The van der Waals surface area contributed by atoms with Gasteiger partial charge < -0.3 is 4.74 Å². The van der Waals surface area contributed by atoms with Gasteiger partial charge in [0.15, 0.2) is 0 Å². The fraction of sp³-hybridized carbons (Fsp3) is 0.333. The maximum Gasteiger partial charge on any atom is 0.271 e. The van der Waals surface area contributed by atoms with E-state index in [1.54, 1.807) is 0 Å². The lowest BCUT2D eigenvalue weighted by Crippen LogP contribution is -2.25. The van der Waals surface area contributed by atoms with Crippen molar-refractivity contribution in [3.63, 3.8) is 0 Å². The molecule has 0 bridgehead atoms. The second-order valence-corrected chi connectivity index (χ2v) is 5.53. The van der Waals surface area contributed by atoms with Crippen LogP contribution in [0.15, 0.2) is 23.1 Å². The SMILES string of the molecule is C#CCCCNS(=O)(=O)c1cc([N+](=O)[O-])ccc1OC. The van der Waals surface area contributed by atoms with Gasteiger partial charge in [-0.1, -0.05) is 0 Å². The van der Waals surface area contributed by atoms with Crippen molar-refractivity contribution in [2.75, 3.05) is 13.7 Å². The van der Waals surface area contributed by atoms with Gasteiger partial charge in [-0.3, -0.25) is 10.1 Å². The number of unbranched alkanes of at least 4 members (excludes halogenated alkanes) is 1. The Morgan fingerprint density at radius 1 is 1.50 bits per heavy atom. The van der Waals surface area contributed by atoms with E-state index in [0.717, 1.165) is 6.07 Å². The predicted octanol–water partition coefficient (Wildman–Crippen LogP) is 1.30. The maximum atomic E-state index is 12.1. The molecule has 0 radical (unpaired) electrons. The van der Waals surface area contributed by atoms with Crippen LogP contribution in [0.25, 0.3) is 0 Å². The number of nitro groups is 1. The molecule has 0 saturated carbocycles. The summed E-state index contributed by atoms with van der Waals surface area (Å²) in [6, 6.07) is 3.38. The average molecular weight is 298 g/mol. The van der Waals surface area contributed by atoms with E-state index in [4.69, 9.17) is 11.2 Å². The number of methoxy groups -OCH3 is 1. The Bertz CT molecular complexity index is 634. The molecule has 0 heterocycles. The molecular weight excluding hydrogens is 284 g/mol. The van der Waals surface area contributed by atoms with Crippen LogP contribution in [0.5, 0.6) is 5.75 Å². The van der Waals surface area contributed by atoms with Gasteiger partial charge in [-0.2, -0.15) is 0 Å². The van der Waals surface area contributed by atoms with Gasteiger partial charge in [0, 0.05) is 25.1 Å². The summed E-state index contributed by atoms with van der Waals surface area (Å²) in [6.07, 6.45) is 5.98. The summed E-state index contributed by atoms with van der Waals surface area (Å²) < 4.78 is 31.4. The average Bonchev–Trinajstić information content (AvgIpc) is 2.42. The van der Waals surface area contributed by atoms with Gasteiger partial charge in [0.2, 0.25) is 10.0 Å². The van der Waals surface area contributed by atoms with E-state index < -0.39 is 14.9 Å². The lowest BCUT2D eigenvalue weighted by atomic mass is 10.3. The van der Waals surface area contributed by atoms with Crippen LogP contribution in [-0.4, -0.2) is 27.0 Å². The van der Waals surface area contributed by atoms with Gasteiger partial charge in [-0.05, 0) is 12.5 Å². The van der Waals surface area contributed by atoms with Gasteiger partial charge in [0.25, 0.3) is 5.69 Å². The van der Waals surface area contributed by atoms with Crippen molar-refractivity contribution in [2.24, 2.45) is 0 Å². The monoisotopic (exact) mass is 298 g/mol. The quantitative estimate of drug-likeness (QED) is 0.354. The number of non-ortho nitro benzene ring substituents is 1. The summed E-state index contributed by atoms with van der Waals surface area (Å²) in [4.78, 5) is 9.77. The Labute approximate surface area is 117 Å². The number of ether oxygens (including phenoxy) is 1. The van der Waals surface area contributed by atoms with E-state index in [2.05, 4.69) is 10.6 Å². The standard InChI is InChI=1S/C12H14N2O5S/c1-3-4-5-8-13-20(17,18)12-9-10(14(15)16)6-7-11(12)19-2/h1,6-7,9,13H,4-5,8H2,2H3. The summed E-state index contributed by atoms with van der Waals surface area (Å²) in [5.74, 6) is 2.43. The van der Waals surface area contributed by atoms with E-state index in [-0.39, 0.29) is 22.9 Å². The molecule has 0 amide bonds. The summed E-state index contributed by atoms with van der Waals surface area (Å²) >= 11 is 0. The van der Waals surface area contributed by atoms with Crippen molar-refractivity contribution in [3.8, 4) is 18.1 Å². The van der Waals surface area contributed by atoms with Crippen molar-refractivity contribution in [1.29, 1.82) is 0 Å². The Hall–Kier alpha value is -2.11. The van der Waals surface area contributed by atoms with Crippen LogP contribution in [0.4, 0.5) is 5.69 Å². The molecular formula is C12H14N2O5S. The van der Waals surface area contributed by atoms with Gasteiger partial charge in [-0.25, -0.2) is 13.1 Å². The lowest BCUT2D eigenvalue weighted by molar-refractivity contribution is -0.385. The Balaban J connectivity index is 3.06. The zero-order valence-electron chi connectivity index (χ0n) is 10.8. The molecule has 0 fully saturated rings. The number of hydrogen-bond acceptors (Lipinski definition) is 5. The van der Waals surface area contributed by atoms with Crippen LogP contribution >= 0.6 is 0 Å². The highest BCUT2D eigenvalue weighted by molar-refractivity contribution is 7.89. The smallest absolute Gasteiger partial charge is 0.271 e. The van der Waals surface area contributed by atoms with E-state index in [1.165, 1.54) is 19.2 Å².